The van der Waals surface area contributed by atoms with Gasteiger partial charge in [-0.3, -0.25) is 9.59 Å². The van der Waals surface area contributed by atoms with Gasteiger partial charge >= 0.3 is 12.4 Å². The van der Waals surface area contributed by atoms with Crippen molar-refractivity contribution in [2.45, 2.75) is 25.2 Å². The Morgan fingerprint density at radius 2 is 1.26 bits per heavy atom. The number of likely N-dealkylation sites (tertiary alicyclic amines) is 1. The molecule has 0 saturated carbocycles. The number of alkyl halides is 6. The number of halogens is 6. The number of hydrogen-bond acceptors (Lipinski definition) is 3. The Labute approximate surface area is 220 Å². The lowest BCUT2D eigenvalue weighted by Gasteiger charge is -2.32. The first-order valence-electron chi connectivity index (χ1n) is 12.1. The van der Waals surface area contributed by atoms with Crippen LogP contribution in [0.2, 0.25) is 0 Å². The van der Waals surface area contributed by atoms with E-state index >= 15 is 0 Å². The normalized spacial score (nSPS) is 14.8. The molecule has 11 heteroatoms. The highest BCUT2D eigenvalue weighted by atomic mass is 19.4. The number of phenols is 1. The van der Waals surface area contributed by atoms with Gasteiger partial charge in [0.1, 0.15) is 5.75 Å². The zero-order valence-electron chi connectivity index (χ0n) is 20.4. The SMILES string of the molecule is O=C(NCC1CCN(C(=O)c2cc(C(F)(F)F)cc(C(F)(F)F)c2)CC1)c1ccc(-c2ccc(O)cc2)cc1. The van der Waals surface area contributed by atoms with E-state index in [-0.39, 0.29) is 36.7 Å². The average molecular weight is 550 g/mol. The number of phenolic OH excluding ortho intramolecular Hbond substituents is 1. The molecule has 0 aromatic heterocycles. The van der Waals surface area contributed by atoms with Gasteiger partial charge in [0, 0.05) is 30.8 Å². The first kappa shape index (κ1) is 28.0. The van der Waals surface area contributed by atoms with Crippen LogP contribution in [-0.2, 0) is 12.4 Å². The maximum atomic E-state index is 13.1. The molecule has 1 aliphatic rings. The number of hydrogen-bond donors (Lipinski definition) is 2. The van der Waals surface area contributed by atoms with E-state index in [0.717, 1.165) is 11.1 Å². The predicted molar refractivity (Wildman–Crippen MR) is 131 cm³/mol. The van der Waals surface area contributed by atoms with Crippen molar-refractivity contribution >= 4 is 11.8 Å². The zero-order valence-corrected chi connectivity index (χ0v) is 20.4. The van der Waals surface area contributed by atoms with Gasteiger partial charge in [-0.15, -0.1) is 0 Å². The van der Waals surface area contributed by atoms with Crippen LogP contribution in [0.3, 0.4) is 0 Å². The smallest absolute Gasteiger partial charge is 0.416 e. The summed E-state index contributed by atoms with van der Waals surface area (Å²) in [5.41, 5.74) is -1.55. The minimum atomic E-state index is -5.03. The first-order chi connectivity index (χ1) is 18.3. The molecular formula is C28H24F6N2O3. The molecule has 0 aliphatic carbocycles. The van der Waals surface area contributed by atoms with Crippen LogP contribution in [0.4, 0.5) is 26.3 Å². The summed E-state index contributed by atoms with van der Waals surface area (Å²) < 4.78 is 78.8. The molecule has 0 unspecified atom stereocenters. The molecule has 1 heterocycles. The Morgan fingerprint density at radius 3 is 1.74 bits per heavy atom. The molecule has 0 spiro atoms. The minimum Gasteiger partial charge on any atom is -0.508 e. The van der Waals surface area contributed by atoms with Crippen molar-refractivity contribution in [3.8, 4) is 16.9 Å². The molecule has 0 atom stereocenters. The highest BCUT2D eigenvalue weighted by molar-refractivity contribution is 5.95. The van der Waals surface area contributed by atoms with Gasteiger partial charge in [-0.1, -0.05) is 24.3 Å². The Kier molecular flexibility index (Phi) is 7.89. The average Bonchev–Trinajstić information content (AvgIpc) is 2.91. The number of benzene rings is 3. The first-order valence-corrected chi connectivity index (χ1v) is 12.1. The number of nitrogens with zero attached hydrogens (tertiary/aromatic N) is 1. The molecule has 0 radical (unpaired) electrons. The van der Waals surface area contributed by atoms with Crippen molar-refractivity contribution in [3.63, 3.8) is 0 Å². The fourth-order valence-electron chi connectivity index (χ4n) is 4.41. The number of amides is 2. The Balaban J connectivity index is 1.32. The highest BCUT2D eigenvalue weighted by Crippen LogP contribution is 2.36. The van der Waals surface area contributed by atoms with E-state index in [0.29, 0.717) is 37.1 Å². The van der Waals surface area contributed by atoms with Crippen LogP contribution in [0.15, 0.2) is 66.7 Å². The van der Waals surface area contributed by atoms with Gasteiger partial charge in [-0.05, 0) is 72.4 Å². The van der Waals surface area contributed by atoms with Crippen molar-refractivity contribution in [2.75, 3.05) is 19.6 Å². The van der Waals surface area contributed by atoms with Gasteiger partial charge in [0.05, 0.1) is 11.1 Å². The summed E-state index contributed by atoms with van der Waals surface area (Å²) in [6, 6.07) is 14.4. The van der Waals surface area contributed by atoms with Crippen molar-refractivity contribution in [2.24, 2.45) is 5.92 Å². The van der Waals surface area contributed by atoms with Crippen molar-refractivity contribution < 1.29 is 41.0 Å². The summed E-state index contributed by atoms with van der Waals surface area (Å²) in [7, 11) is 0. The third-order valence-electron chi connectivity index (χ3n) is 6.64. The van der Waals surface area contributed by atoms with Crippen LogP contribution in [0.25, 0.3) is 11.1 Å². The predicted octanol–water partition coefficient (Wildman–Crippen LogP) is 6.38. The van der Waals surface area contributed by atoms with Crippen LogP contribution >= 0.6 is 0 Å². The van der Waals surface area contributed by atoms with Gasteiger partial charge in [0.25, 0.3) is 11.8 Å². The summed E-state index contributed by atoms with van der Waals surface area (Å²) in [4.78, 5) is 26.6. The molecule has 1 saturated heterocycles. The molecule has 2 N–H and O–H groups in total. The number of piperidine rings is 1. The van der Waals surface area contributed by atoms with E-state index in [4.69, 9.17) is 0 Å². The van der Waals surface area contributed by atoms with E-state index in [1.54, 1.807) is 48.5 Å². The summed E-state index contributed by atoms with van der Waals surface area (Å²) >= 11 is 0. The Morgan fingerprint density at radius 1 is 0.769 bits per heavy atom. The van der Waals surface area contributed by atoms with Crippen molar-refractivity contribution in [1.29, 1.82) is 0 Å². The molecule has 206 valence electrons. The summed E-state index contributed by atoms with van der Waals surface area (Å²) in [6.07, 6.45) is -9.21. The third kappa shape index (κ3) is 6.90. The third-order valence-corrected chi connectivity index (χ3v) is 6.64. The van der Waals surface area contributed by atoms with Crippen molar-refractivity contribution in [1.82, 2.24) is 10.2 Å². The van der Waals surface area contributed by atoms with Crippen LogP contribution in [-0.4, -0.2) is 41.5 Å². The number of rotatable bonds is 5. The van der Waals surface area contributed by atoms with Gasteiger partial charge < -0.3 is 15.3 Å². The van der Waals surface area contributed by atoms with E-state index in [2.05, 4.69) is 5.32 Å². The van der Waals surface area contributed by atoms with Gasteiger partial charge in [0.15, 0.2) is 0 Å². The fourth-order valence-corrected chi connectivity index (χ4v) is 4.41. The van der Waals surface area contributed by atoms with Crippen LogP contribution in [0.5, 0.6) is 5.75 Å². The highest BCUT2D eigenvalue weighted by Gasteiger charge is 2.38. The summed E-state index contributed by atoms with van der Waals surface area (Å²) in [5.74, 6) is -1.06. The lowest BCUT2D eigenvalue weighted by molar-refractivity contribution is -0.143. The summed E-state index contributed by atoms with van der Waals surface area (Å²) in [5, 5.41) is 12.2. The number of carbonyl (C=O) groups is 2. The second-order valence-electron chi connectivity index (χ2n) is 9.36. The molecule has 1 fully saturated rings. The Hall–Kier alpha value is -4.02. The van der Waals surface area contributed by atoms with Gasteiger partial charge in [-0.2, -0.15) is 26.3 Å². The molecule has 3 aromatic carbocycles. The van der Waals surface area contributed by atoms with Crippen LogP contribution in [0, 0.1) is 5.92 Å². The molecule has 1 aliphatic heterocycles. The maximum absolute atomic E-state index is 13.1. The van der Waals surface area contributed by atoms with Gasteiger partial charge in [0.2, 0.25) is 0 Å². The second-order valence-corrected chi connectivity index (χ2v) is 9.36. The number of carbonyl (C=O) groups excluding carboxylic acids is 2. The van der Waals surface area contributed by atoms with Gasteiger partial charge in [-0.25, -0.2) is 0 Å². The quantitative estimate of drug-likeness (QED) is 0.363. The molecule has 3 aromatic rings. The standard InChI is InChI=1S/C28H24F6N2O3/c29-27(30,31)22-13-21(14-23(15-22)28(32,33)34)26(39)36-11-9-17(10-12-36)16-35-25(38)20-3-1-18(2-4-20)19-5-7-24(37)8-6-19/h1-8,13-15,17,37H,9-12,16H2,(H,35,38). The lowest BCUT2D eigenvalue weighted by atomic mass is 9.95. The van der Waals surface area contributed by atoms with Crippen molar-refractivity contribution in [3.05, 3.63) is 89.0 Å². The number of aromatic hydroxyl groups is 1. The zero-order chi connectivity index (χ0) is 28.4. The Bertz CT molecular complexity index is 1300. The van der Waals surface area contributed by atoms with E-state index in [9.17, 15) is 41.0 Å². The molecule has 39 heavy (non-hydrogen) atoms. The van der Waals surface area contributed by atoms with E-state index in [1.165, 1.54) is 4.90 Å². The van der Waals surface area contributed by atoms with E-state index in [1.807, 2.05) is 0 Å². The monoisotopic (exact) mass is 550 g/mol. The van der Waals surface area contributed by atoms with Crippen LogP contribution < -0.4 is 5.32 Å². The molecule has 2 amide bonds. The minimum absolute atomic E-state index is 0.00734. The molecular weight excluding hydrogens is 526 g/mol. The largest absolute Gasteiger partial charge is 0.508 e. The number of nitrogens with one attached hydrogen (secondary N) is 1. The molecule has 4 rings (SSSR count). The lowest BCUT2D eigenvalue weighted by Crippen LogP contribution is -2.41. The molecule has 0 bridgehead atoms. The van der Waals surface area contributed by atoms with E-state index < -0.39 is 35.0 Å². The second kappa shape index (κ2) is 11.0. The topological polar surface area (TPSA) is 69.6 Å². The fraction of sp³-hybridized carbons (Fsp3) is 0.286. The molecule has 5 nitrogen and oxygen atoms in total. The summed E-state index contributed by atoms with van der Waals surface area (Å²) in [6.45, 7) is 0.582. The van der Waals surface area contributed by atoms with Crippen LogP contribution in [0.1, 0.15) is 44.7 Å². The maximum Gasteiger partial charge on any atom is 0.416 e.